The maximum Gasteiger partial charge on any atom is 0.164 e. The van der Waals surface area contributed by atoms with Crippen molar-refractivity contribution >= 4 is 53.9 Å². The Morgan fingerprint density at radius 2 is 0.898 bits per heavy atom. The van der Waals surface area contributed by atoms with E-state index in [0.29, 0.717) is 17.5 Å². The summed E-state index contributed by atoms with van der Waals surface area (Å²) in [5, 5.41) is 8.94. The molecule has 0 bridgehead atoms. The molecule has 4 nitrogen and oxygen atoms in total. The highest BCUT2D eigenvalue weighted by Crippen LogP contribution is 2.35. The summed E-state index contributed by atoms with van der Waals surface area (Å²) in [5.74, 6) is 1.89. The van der Waals surface area contributed by atoms with Gasteiger partial charge in [-0.05, 0) is 73.3 Å². The van der Waals surface area contributed by atoms with Crippen molar-refractivity contribution in [2.75, 3.05) is 0 Å². The van der Waals surface area contributed by atoms with Crippen LogP contribution in [0.25, 0.3) is 99.0 Å². The monoisotopic (exact) mass is 772 g/mol. The van der Waals surface area contributed by atoms with E-state index >= 15 is 0 Å². The van der Waals surface area contributed by atoms with Crippen molar-refractivity contribution in [2.24, 2.45) is 0 Å². The highest BCUT2D eigenvalue weighted by atomic mass is 32.1. The molecule has 0 saturated heterocycles. The molecule has 0 aliphatic heterocycles. The van der Waals surface area contributed by atoms with E-state index in [1.165, 1.54) is 10.1 Å². The number of rotatable bonds is 5. The minimum Gasteiger partial charge on any atom is -0.256 e. The lowest BCUT2D eigenvalue weighted by Crippen LogP contribution is -2.00. The van der Waals surface area contributed by atoms with E-state index in [-0.39, 0.29) is 0 Å². The number of nitrogens with zero attached hydrogens (tertiary/aromatic N) is 4. The second-order valence-corrected chi connectivity index (χ2v) is 15.2. The number of fused-ring (bicyclic) bond motifs is 6. The predicted molar refractivity (Wildman–Crippen MR) is 248 cm³/mol. The Morgan fingerprint density at radius 1 is 0.322 bits per heavy atom. The van der Waals surface area contributed by atoms with Crippen molar-refractivity contribution in [3.63, 3.8) is 0 Å². The highest BCUT2D eigenvalue weighted by molar-refractivity contribution is 7.16. The van der Waals surface area contributed by atoms with Crippen LogP contribution in [0, 0.1) is 0 Å². The van der Waals surface area contributed by atoms with Gasteiger partial charge in [0.2, 0.25) is 0 Å². The molecule has 10 aromatic rings. The second kappa shape index (κ2) is 16.1. The Hall–Kier alpha value is -7.60. The van der Waals surface area contributed by atoms with Crippen LogP contribution in [0.3, 0.4) is 0 Å². The number of aromatic nitrogens is 4. The molecule has 5 heteroatoms. The molecule has 59 heavy (non-hydrogen) atoms. The third-order valence-electron chi connectivity index (χ3n) is 10.5. The quantitative estimate of drug-likeness (QED) is 0.175. The van der Waals surface area contributed by atoms with Gasteiger partial charge >= 0.3 is 0 Å². The zero-order chi connectivity index (χ0) is 39.4. The van der Waals surface area contributed by atoms with Crippen LogP contribution in [0.1, 0.15) is 0 Å². The van der Waals surface area contributed by atoms with E-state index in [2.05, 4.69) is 145 Å². The van der Waals surface area contributed by atoms with Gasteiger partial charge in [-0.15, -0.1) is 11.3 Å². The second-order valence-electron chi connectivity index (χ2n) is 14.2. The molecule has 0 atom stereocenters. The Labute approximate surface area is 346 Å². The van der Waals surface area contributed by atoms with Crippen molar-refractivity contribution in [1.82, 2.24) is 19.9 Å². The normalized spacial score (nSPS) is 11.1. The third-order valence-corrected chi connectivity index (χ3v) is 11.4. The van der Waals surface area contributed by atoms with Gasteiger partial charge in [0.1, 0.15) is 0 Å². The van der Waals surface area contributed by atoms with E-state index < -0.39 is 0 Å². The van der Waals surface area contributed by atoms with Crippen LogP contribution in [0.4, 0.5) is 0 Å². The van der Waals surface area contributed by atoms with E-state index in [1.807, 2.05) is 72.9 Å². The Balaban J connectivity index is 1.17. The Morgan fingerprint density at radius 3 is 1.68 bits per heavy atom. The average Bonchev–Trinajstić information content (AvgIpc) is 3.32. The van der Waals surface area contributed by atoms with Gasteiger partial charge in [-0.3, -0.25) is 4.98 Å². The summed E-state index contributed by atoms with van der Waals surface area (Å²) in [6.07, 6.45) is 1.86. The standard InChI is InChI=1S/C54H36N4S/c1-2-12-34-59-50-24-11-10-22-48(50)49-36-42(37-25-27-38(28-26-37)46-23-13-20-39-21-14-33-55-51(39)46)29-32-47(49)45-31-30-44(35-43(45)19-5-1)54-57-52(40-15-6-3-7-16-40)56-53(58-54)41-17-8-4-9-18-41/h1-36H. The molecule has 0 spiro atoms. The molecule has 0 aliphatic carbocycles. The molecule has 0 N–H and O–H groups in total. The molecule has 3 heterocycles. The number of hydrogen-bond acceptors (Lipinski definition) is 5. The van der Waals surface area contributed by atoms with Crippen molar-refractivity contribution in [2.45, 2.75) is 0 Å². The highest BCUT2D eigenvalue weighted by Gasteiger charge is 2.14. The largest absolute Gasteiger partial charge is 0.256 e. The maximum absolute atomic E-state index is 5.05. The van der Waals surface area contributed by atoms with Gasteiger partial charge < -0.3 is 0 Å². The SMILES string of the molecule is c1cccc2cc(-c3nc(-c4ccccc4)nc(-c4ccccc4)n3)ccc2c2ccc(-c3ccc(-c4cccc5cccnc45)cc3)cc2c2ccccc2scc1. The van der Waals surface area contributed by atoms with Crippen molar-refractivity contribution < 1.29 is 0 Å². The number of benzene rings is 7. The van der Waals surface area contributed by atoms with Crippen molar-refractivity contribution in [1.29, 1.82) is 0 Å². The Bertz CT molecular complexity index is 3210. The summed E-state index contributed by atoms with van der Waals surface area (Å²) >= 11 is 1.73. The third kappa shape index (κ3) is 7.39. The summed E-state index contributed by atoms with van der Waals surface area (Å²) < 4.78 is 1.19. The zero-order valence-electron chi connectivity index (χ0n) is 32.0. The smallest absolute Gasteiger partial charge is 0.164 e. The van der Waals surface area contributed by atoms with Gasteiger partial charge in [-0.1, -0.05) is 182 Å². The molecule has 10 rings (SSSR count). The first-order valence-electron chi connectivity index (χ1n) is 19.6. The van der Waals surface area contributed by atoms with Crippen molar-refractivity contribution in [3.8, 4) is 56.4 Å². The fourth-order valence-electron chi connectivity index (χ4n) is 7.62. The summed E-state index contributed by atoms with van der Waals surface area (Å²) in [6, 6.07) is 72.1. The zero-order valence-corrected chi connectivity index (χ0v) is 32.8. The van der Waals surface area contributed by atoms with Crippen molar-refractivity contribution in [3.05, 3.63) is 218 Å². The molecule has 0 unspecified atom stereocenters. The van der Waals surface area contributed by atoms with Gasteiger partial charge in [-0.25, -0.2) is 15.0 Å². The minimum absolute atomic E-state index is 0.621. The van der Waals surface area contributed by atoms with E-state index in [4.69, 9.17) is 19.9 Å². The van der Waals surface area contributed by atoms with E-state index in [0.717, 1.165) is 71.4 Å². The first kappa shape index (κ1) is 35.8. The fraction of sp³-hybridized carbons (Fsp3) is 0. The lowest BCUT2D eigenvalue weighted by atomic mass is 9.95. The molecule has 0 fully saturated rings. The summed E-state index contributed by atoms with van der Waals surface area (Å²) in [7, 11) is 0. The molecule has 0 amide bonds. The number of hydrogen-bond donors (Lipinski definition) is 0. The summed E-state index contributed by atoms with van der Waals surface area (Å²) in [6.45, 7) is 0. The lowest BCUT2D eigenvalue weighted by Gasteiger charge is -2.11. The first-order valence-corrected chi connectivity index (χ1v) is 20.5. The van der Waals surface area contributed by atoms with Crippen LogP contribution in [0.5, 0.6) is 0 Å². The molecule has 3 aromatic heterocycles. The van der Waals surface area contributed by atoms with E-state index in [9.17, 15) is 0 Å². The molecule has 7 aromatic carbocycles. The van der Waals surface area contributed by atoms with Crippen LogP contribution in [-0.4, -0.2) is 19.9 Å². The number of pyridine rings is 1. The first-order chi connectivity index (χ1) is 29.2. The summed E-state index contributed by atoms with van der Waals surface area (Å²) in [4.78, 5) is 19.7. The Kier molecular flexibility index (Phi) is 9.77. The van der Waals surface area contributed by atoms with Gasteiger partial charge in [0.15, 0.2) is 17.5 Å². The molecular formula is C54H36N4S. The molecule has 0 radical (unpaired) electrons. The minimum atomic E-state index is 0.621. The topological polar surface area (TPSA) is 51.6 Å². The van der Waals surface area contributed by atoms with Crippen LogP contribution < -0.4 is 0 Å². The maximum atomic E-state index is 5.05. The predicted octanol–water partition coefficient (Wildman–Crippen LogP) is 14.5. The van der Waals surface area contributed by atoms with E-state index in [1.54, 1.807) is 11.3 Å². The average molecular weight is 773 g/mol. The lowest BCUT2D eigenvalue weighted by molar-refractivity contribution is 1.07. The molecule has 0 saturated carbocycles. The van der Waals surface area contributed by atoms with Gasteiger partial charge in [0.05, 0.1) is 5.52 Å². The van der Waals surface area contributed by atoms with Crippen LogP contribution in [0.2, 0.25) is 0 Å². The molecular weight excluding hydrogens is 737 g/mol. The molecule has 0 aliphatic rings. The van der Waals surface area contributed by atoms with Gasteiger partial charge in [-0.2, -0.15) is 0 Å². The fourth-order valence-corrected chi connectivity index (χ4v) is 8.40. The van der Waals surface area contributed by atoms with Crippen LogP contribution in [0.15, 0.2) is 218 Å². The van der Waals surface area contributed by atoms with Crippen LogP contribution >= 0.6 is 11.3 Å². The van der Waals surface area contributed by atoms with Crippen LogP contribution in [-0.2, 0) is 0 Å². The van der Waals surface area contributed by atoms with Gasteiger partial charge in [0, 0.05) is 38.5 Å². The molecule has 278 valence electrons. The summed E-state index contributed by atoms with van der Waals surface area (Å²) in [5.41, 5.74) is 8.37. The number of para-hydroxylation sites is 1. The van der Waals surface area contributed by atoms with Gasteiger partial charge in [0.25, 0.3) is 0 Å².